The highest BCUT2D eigenvalue weighted by Crippen LogP contribution is 2.55. The lowest BCUT2D eigenvalue weighted by Gasteiger charge is -2.10. The Morgan fingerprint density at radius 1 is 1.22 bits per heavy atom. The highest BCUT2D eigenvalue weighted by Gasteiger charge is 2.74. The quantitative estimate of drug-likeness (QED) is 0.530. The Kier molecular flexibility index (Phi) is 1.25. The fourth-order valence-electron chi connectivity index (χ4n) is 0.774. The average molecular weight is 138 g/mol. The second kappa shape index (κ2) is 1.64. The van der Waals surface area contributed by atoms with Gasteiger partial charge in [0, 0.05) is 14.2 Å². The second-order valence-electron chi connectivity index (χ2n) is 2.04. The number of hydrogen-bond acceptors (Lipinski definition) is 2. The molecule has 0 radical (unpaired) electrons. The summed E-state index contributed by atoms with van der Waals surface area (Å²) in [6, 6.07) is 0. The van der Waals surface area contributed by atoms with E-state index in [0.29, 0.717) is 0 Å². The molecule has 0 amide bonds. The molecule has 0 aromatic carbocycles. The van der Waals surface area contributed by atoms with Gasteiger partial charge in [0.1, 0.15) is 0 Å². The van der Waals surface area contributed by atoms with Crippen LogP contribution in [0.4, 0.5) is 8.78 Å². The number of rotatable bonds is 2. The molecule has 9 heavy (non-hydrogen) atoms. The highest BCUT2D eigenvalue weighted by molar-refractivity contribution is 5.05. The Hall–Kier alpha value is -0.220. The lowest BCUT2D eigenvalue weighted by atomic mass is 10.7. The maximum atomic E-state index is 12.2. The van der Waals surface area contributed by atoms with Gasteiger partial charge in [-0.25, -0.2) is 8.78 Å². The Morgan fingerprint density at radius 2 is 1.56 bits per heavy atom. The monoisotopic (exact) mass is 138 g/mol. The van der Waals surface area contributed by atoms with Crippen LogP contribution in [0.1, 0.15) is 6.42 Å². The molecule has 1 fully saturated rings. The van der Waals surface area contributed by atoms with Crippen LogP contribution in [0.2, 0.25) is 0 Å². The van der Waals surface area contributed by atoms with Crippen LogP contribution in [0.25, 0.3) is 0 Å². The summed E-state index contributed by atoms with van der Waals surface area (Å²) in [5.41, 5.74) is 0. The fraction of sp³-hybridized carbons (Fsp3) is 1.00. The van der Waals surface area contributed by atoms with Crippen LogP contribution in [-0.2, 0) is 9.47 Å². The van der Waals surface area contributed by atoms with Crippen LogP contribution in [0.5, 0.6) is 0 Å². The SMILES string of the molecule is COC1(OC)CC1(F)F. The highest BCUT2D eigenvalue weighted by atomic mass is 19.3. The molecule has 1 saturated carbocycles. The van der Waals surface area contributed by atoms with E-state index in [-0.39, 0.29) is 6.42 Å². The van der Waals surface area contributed by atoms with Crippen LogP contribution in [0.15, 0.2) is 0 Å². The first-order chi connectivity index (χ1) is 4.08. The normalized spacial score (nSPS) is 28.0. The molecule has 0 heterocycles. The molecule has 0 N–H and O–H groups in total. The summed E-state index contributed by atoms with van der Waals surface area (Å²) in [4.78, 5) is 0. The van der Waals surface area contributed by atoms with Gasteiger partial charge in [-0.05, 0) is 0 Å². The van der Waals surface area contributed by atoms with Crippen LogP contribution >= 0.6 is 0 Å². The maximum absolute atomic E-state index is 12.2. The zero-order valence-electron chi connectivity index (χ0n) is 5.28. The third kappa shape index (κ3) is 0.737. The van der Waals surface area contributed by atoms with E-state index in [1.54, 1.807) is 0 Å². The lowest BCUT2D eigenvalue weighted by Crippen LogP contribution is -2.22. The Morgan fingerprint density at radius 3 is 1.56 bits per heavy atom. The molecule has 54 valence electrons. The molecule has 1 aliphatic carbocycles. The van der Waals surface area contributed by atoms with Crippen LogP contribution < -0.4 is 0 Å². The zero-order chi connectivity index (χ0) is 7.12. The van der Waals surface area contributed by atoms with E-state index in [1.165, 1.54) is 14.2 Å². The van der Waals surface area contributed by atoms with Crippen molar-refractivity contribution < 1.29 is 18.3 Å². The van der Waals surface area contributed by atoms with Crippen molar-refractivity contribution in [3.8, 4) is 0 Å². The van der Waals surface area contributed by atoms with Gasteiger partial charge in [0.2, 0.25) is 5.79 Å². The van der Waals surface area contributed by atoms with Crippen molar-refractivity contribution in [3.05, 3.63) is 0 Å². The first kappa shape index (κ1) is 6.89. The van der Waals surface area contributed by atoms with E-state index in [4.69, 9.17) is 0 Å². The van der Waals surface area contributed by atoms with E-state index in [2.05, 4.69) is 9.47 Å². The molecular weight excluding hydrogens is 130 g/mol. The van der Waals surface area contributed by atoms with Crippen molar-refractivity contribution in [3.63, 3.8) is 0 Å². The van der Waals surface area contributed by atoms with Crippen LogP contribution in [-0.4, -0.2) is 25.9 Å². The van der Waals surface area contributed by atoms with Crippen molar-refractivity contribution in [2.75, 3.05) is 14.2 Å². The first-order valence-corrected chi connectivity index (χ1v) is 2.56. The molecule has 0 unspecified atom stereocenters. The predicted octanol–water partition coefficient (Wildman–Crippen LogP) is 1.01. The molecule has 2 nitrogen and oxygen atoms in total. The van der Waals surface area contributed by atoms with Gasteiger partial charge in [-0.15, -0.1) is 0 Å². The molecule has 0 atom stereocenters. The molecular formula is C5H8F2O2. The van der Waals surface area contributed by atoms with Crippen molar-refractivity contribution in [1.29, 1.82) is 0 Å². The molecule has 0 aromatic heterocycles. The van der Waals surface area contributed by atoms with E-state index >= 15 is 0 Å². The summed E-state index contributed by atoms with van der Waals surface area (Å²) >= 11 is 0. The van der Waals surface area contributed by atoms with Gasteiger partial charge in [0.25, 0.3) is 0 Å². The molecule has 4 heteroatoms. The topological polar surface area (TPSA) is 18.5 Å². The minimum Gasteiger partial charge on any atom is -0.348 e. The summed E-state index contributed by atoms with van der Waals surface area (Å²) in [6.45, 7) is 0. The van der Waals surface area contributed by atoms with Gasteiger partial charge in [0.15, 0.2) is 0 Å². The van der Waals surface area contributed by atoms with Gasteiger partial charge in [0.05, 0.1) is 6.42 Å². The van der Waals surface area contributed by atoms with Gasteiger partial charge in [-0.1, -0.05) is 0 Å². The number of ether oxygens (including phenoxy) is 2. The third-order valence-electron chi connectivity index (χ3n) is 1.55. The Bertz CT molecular complexity index is 120. The van der Waals surface area contributed by atoms with Crippen molar-refractivity contribution in [2.45, 2.75) is 18.1 Å². The van der Waals surface area contributed by atoms with Gasteiger partial charge in [-0.2, -0.15) is 0 Å². The first-order valence-electron chi connectivity index (χ1n) is 2.56. The van der Waals surface area contributed by atoms with Crippen molar-refractivity contribution >= 4 is 0 Å². The molecule has 1 aliphatic rings. The second-order valence-corrected chi connectivity index (χ2v) is 2.04. The van der Waals surface area contributed by atoms with Crippen molar-refractivity contribution in [1.82, 2.24) is 0 Å². The summed E-state index contributed by atoms with van der Waals surface area (Å²) < 4.78 is 33.3. The number of halogens is 2. The van der Waals surface area contributed by atoms with E-state index < -0.39 is 11.7 Å². The number of hydrogen-bond donors (Lipinski definition) is 0. The minimum absolute atomic E-state index is 0.326. The minimum atomic E-state index is -2.78. The van der Waals surface area contributed by atoms with Gasteiger partial charge < -0.3 is 9.47 Å². The summed E-state index contributed by atoms with van der Waals surface area (Å²) in [6.07, 6.45) is -0.326. The predicted molar refractivity (Wildman–Crippen MR) is 26.3 cm³/mol. The summed E-state index contributed by atoms with van der Waals surface area (Å²) in [5, 5.41) is 0. The van der Waals surface area contributed by atoms with Gasteiger partial charge >= 0.3 is 5.92 Å². The van der Waals surface area contributed by atoms with Crippen molar-refractivity contribution in [2.24, 2.45) is 0 Å². The molecule has 1 rings (SSSR count). The molecule has 0 aliphatic heterocycles. The van der Waals surface area contributed by atoms with Crippen LogP contribution in [0.3, 0.4) is 0 Å². The lowest BCUT2D eigenvalue weighted by molar-refractivity contribution is -0.185. The molecule has 0 saturated heterocycles. The molecule has 0 aromatic rings. The average Bonchev–Trinajstić information content (AvgIpc) is 2.35. The molecule has 0 spiro atoms. The Labute approximate surface area is 51.8 Å². The van der Waals surface area contributed by atoms with E-state index in [9.17, 15) is 8.78 Å². The van der Waals surface area contributed by atoms with Gasteiger partial charge in [-0.3, -0.25) is 0 Å². The molecule has 0 bridgehead atoms. The number of alkyl halides is 2. The number of methoxy groups -OCH3 is 2. The van der Waals surface area contributed by atoms with E-state index in [1.807, 2.05) is 0 Å². The maximum Gasteiger partial charge on any atom is 0.306 e. The third-order valence-corrected chi connectivity index (χ3v) is 1.55. The Balaban J connectivity index is 2.57. The van der Waals surface area contributed by atoms with Crippen LogP contribution in [0, 0.1) is 0 Å². The summed E-state index contributed by atoms with van der Waals surface area (Å²) in [7, 11) is 2.43. The largest absolute Gasteiger partial charge is 0.348 e. The van der Waals surface area contributed by atoms with E-state index in [0.717, 1.165) is 0 Å². The summed E-state index contributed by atoms with van der Waals surface area (Å²) in [5.74, 6) is -4.39. The zero-order valence-corrected chi connectivity index (χ0v) is 5.28. The fourth-order valence-corrected chi connectivity index (χ4v) is 0.774. The standard InChI is InChI=1S/C5H8F2O2/c1-8-5(9-2)3-4(5,6)7/h3H2,1-2H3. The smallest absolute Gasteiger partial charge is 0.306 e.